The lowest BCUT2D eigenvalue weighted by Gasteiger charge is -2.15. The molecule has 1 aromatic heterocycles. The number of hydrogen-bond acceptors (Lipinski definition) is 4. The van der Waals surface area contributed by atoms with E-state index in [4.69, 9.17) is 9.26 Å². The van der Waals surface area contributed by atoms with E-state index >= 15 is 0 Å². The summed E-state index contributed by atoms with van der Waals surface area (Å²) < 4.78 is 10.7. The van der Waals surface area contributed by atoms with Gasteiger partial charge in [-0.3, -0.25) is 4.99 Å². The maximum Gasteiger partial charge on any atom is 0.191 e. The first kappa shape index (κ1) is 21.0. The van der Waals surface area contributed by atoms with Crippen LogP contribution in [-0.2, 0) is 24.1 Å². The van der Waals surface area contributed by atoms with Crippen molar-refractivity contribution in [1.82, 2.24) is 15.8 Å². The van der Waals surface area contributed by atoms with Crippen LogP contribution in [0.2, 0.25) is 0 Å². The molecule has 1 aromatic rings. The molecule has 2 heterocycles. The highest BCUT2D eigenvalue weighted by molar-refractivity contribution is 14.0. The molecule has 7 heteroatoms. The summed E-state index contributed by atoms with van der Waals surface area (Å²) in [6, 6.07) is 0. The summed E-state index contributed by atoms with van der Waals surface area (Å²) in [6.07, 6.45) is 5.97. The molecule has 0 atom stereocenters. The Kier molecular flexibility index (Phi) is 10.0. The number of rotatable bonds is 7. The first-order valence-corrected chi connectivity index (χ1v) is 8.44. The van der Waals surface area contributed by atoms with E-state index in [1.807, 2.05) is 0 Å². The molecule has 0 amide bonds. The van der Waals surface area contributed by atoms with Crippen molar-refractivity contribution in [3.8, 4) is 0 Å². The summed E-state index contributed by atoms with van der Waals surface area (Å²) in [5.74, 6) is 1.76. The van der Waals surface area contributed by atoms with Gasteiger partial charge in [0.2, 0.25) is 0 Å². The van der Waals surface area contributed by atoms with Gasteiger partial charge in [-0.2, -0.15) is 0 Å². The van der Waals surface area contributed by atoms with Gasteiger partial charge in [-0.25, -0.2) is 0 Å². The Morgan fingerprint density at radius 2 is 2.12 bits per heavy atom. The highest BCUT2D eigenvalue weighted by atomic mass is 127. The van der Waals surface area contributed by atoms with Crippen LogP contribution in [0.4, 0.5) is 0 Å². The van der Waals surface area contributed by atoms with Gasteiger partial charge in [0.25, 0.3) is 0 Å². The van der Waals surface area contributed by atoms with E-state index in [-0.39, 0.29) is 24.0 Å². The Morgan fingerprint density at radius 3 is 2.75 bits per heavy atom. The second-order valence-electron chi connectivity index (χ2n) is 5.53. The molecule has 0 spiro atoms. The quantitative estimate of drug-likeness (QED) is 0.291. The zero-order valence-corrected chi connectivity index (χ0v) is 17.2. The first-order valence-electron chi connectivity index (χ1n) is 8.44. The predicted octanol–water partition coefficient (Wildman–Crippen LogP) is 2.82. The summed E-state index contributed by atoms with van der Waals surface area (Å²) in [5.41, 5.74) is 3.64. The van der Waals surface area contributed by atoms with E-state index < -0.39 is 0 Å². The van der Waals surface area contributed by atoms with Crippen LogP contribution in [0.15, 0.2) is 21.2 Å². The number of guanidine groups is 1. The number of ether oxygens (including phenoxy) is 1. The van der Waals surface area contributed by atoms with Crippen LogP contribution in [0.5, 0.6) is 0 Å². The van der Waals surface area contributed by atoms with Gasteiger partial charge < -0.3 is 19.9 Å². The van der Waals surface area contributed by atoms with Crippen LogP contribution in [0, 0.1) is 0 Å². The Labute approximate surface area is 161 Å². The van der Waals surface area contributed by atoms with Crippen LogP contribution in [0.1, 0.15) is 43.7 Å². The minimum Gasteiger partial charge on any atom is -0.377 e. The van der Waals surface area contributed by atoms with Gasteiger partial charge in [-0.1, -0.05) is 30.7 Å². The van der Waals surface area contributed by atoms with E-state index in [1.54, 1.807) is 7.05 Å². The topological polar surface area (TPSA) is 71.7 Å². The molecule has 2 N–H and O–H groups in total. The molecular weight excluding hydrogens is 419 g/mol. The maximum absolute atomic E-state index is 5.39. The fraction of sp³-hybridized carbons (Fsp3) is 0.647. The van der Waals surface area contributed by atoms with Gasteiger partial charge in [0, 0.05) is 32.1 Å². The zero-order valence-electron chi connectivity index (χ0n) is 14.9. The molecule has 1 aliphatic heterocycles. The molecule has 6 nitrogen and oxygen atoms in total. The number of halogens is 1. The standard InChI is InChI=1S/C17H28N4O2.HI/c1-4-15-14(16(5-2)23-21-15)12-20-17(18-3)19-9-6-13-7-10-22-11-8-13;/h7H,4-6,8-12H2,1-3H3,(H2,18,19,20);1H. The van der Waals surface area contributed by atoms with Crippen molar-refractivity contribution in [2.75, 3.05) is 26.8 Å². The van der Waals surface area contributed by atoms with Gasteiger partial charge in [0.1, 0.15) is 5.76 Å². The molecule has 1 aliphatic rings. The predicted molar refractivity (Wildman–Crippen MR) is 107 cm³/mol. The summed E-state index contributed by atoms with van der Waals surface area (Å²) in [5, 5.41) is 10.9. The van der Waals surface area contributed by atoms with Crippen molar-refractivity contribution in [3.63, 3.8) is 0 Å². The molecule has 24 heavy (non-hydrogen) atoms. The van der Waals surface area contributed by atoms with E-state index in [2.05, 4.69) is 40.7 Å². The zero-order chi connectivity index (χ0) is 16.5. The second-order valence-corrected chi connectivity index (χ2v) is 5.53. The lowest BCUT2D eigenvalue weighted by molar-refractivity contribution is 0.153. The number of nitrogens with zero attached hydrogens (tertiary/aromatic N) is 2. The molecule has 0 fully saturated rings. The van der Waals surface area contributed by atoms with Crippen LogP contribution in [0.25, 0.3) is 0 Å². The number of aromatic nitrogens is 1. The normalized spacial score (nSPS) is 14.8. The highest BCUT2D eigenvalue weighted by Crippen LogP contribution is 2.15. The monoisotopic (exact) mass is 448 g/mol. The third kappa shape index (κ3) is 6.08. The molecule has 0 saturated carbocycles. The number of nitrogens with one attached hydrogen (secondary N) is 2. The lowest BCUT2D eigenvalue weighted by atomic mass is 10.1. The second kappa shape index (κ2) is 11.5. The van der Waals surface area contributed by atoms with E-state index in [0.29, 0.717) is 6.54 Å². The molecule has 2 rings (SSSR count). The summed E-state index contributed by atoms with van der Waals surface area (Å²) in [7, 11) is 1.79. The Bertz CT molecular complexity index is 533. The molecule has 0 unspecified atom stereocenters. The molecule has 136 valence electrons. The van der Waals surface area contributed by atoms with Crippen molar-refractivity contribution in [2.45, 2.75) is 46.1 Å². The van der Waals surface area contributed by atoms with Crippen LogP contribution in [-0.4, -0.2) is 37.9 Å². The van der Waals surface area contributed by atoms with Gasteiger partial charge in [0.05, 0.1) is 18.9 Å². The van der Waals surface area contributed by atoms with Crippen molar-refractivity contribution in [3.05, 3.63) is 28.7 Å². The van der Waals surface area contributed by atoms with E-state index in [0.717, 1.165) is 68.4 Å². The van der Waals surface area contributed by atoms with Crippen molar-refractivity contribution in [1.29, 1.82) is 0 Å². The van der Waals surface area contributed by atoms with Crippen molar-refractivity contribution >= 4 is 29.9 Å². The Morgan fingerprint density at radius 1 is 1.29 bits per heavy atom. The van der Waals surface area contributed by atoms with E-state index in [9.17, 15) is 0 Å². The molecule has 0 radical (unpaired) electrons. The average Bonchev–Trinajstić information content (AvgIpc) is 3.00. The highest BCUT2D eigenvalue weighted by Gasteiger charge is 2.13. The van der Waals surface area contributed by atoms with Crippen LogP contribution >= 0.6 is 24.0 Å². The lowest BCUT2D eigenvalue weighted by Crippen LogP contribution is -2.37. The van der Waals surface area contributed by atoms with Gasteiger partial charge in [0.15, 0.2) is 5.96 Å². The fourth-order valence-corrected chi connectivity index (χ4v) is 2.66. The SMILES string of the molecule is CCc1noc(CC)c1CNC(=NC)NCCC1=CCOCC1.I. The van der Waals surface area contributed by atoms with Gasteiger partial charge in [-0.05, 0) is 19.3 Å². The first-order chi connectivity index (χ1) is 11.3. The summed E-state index contributed by atoms with van der Waals surface area (Å²) in [6.45, 7) is 7.32. The summed E-state index contributed by atoms with van der Waals surface area (Å²) >= 11 is 0. The Balaban J connectivity index is 0.00000288. The fourth-order valence-electron chi connectivity index (χ4n) is 2.66. The van der Waals surface area contributed by atoms with Gasteiger partial charge >= 0.3 is 0 Å². The van der Waals surface area contributed by atoms with Crippen LogP contribution < -0.4 is 10.6 Å². The summed E-state index contributed by atoms with van der Waals surface area (Å²) in [4.78, 5) is 4.28. The number of aliphatic imine (C=N–C) groups is 1. The minimum absolute atomic E-state index is 0. The Hall–Kier alpha value is -1.09. The number of hydrogen-bond donors (Lipinski definition) is 2. The average molecular weight is 448 g/mol. The van der Waals surface area contributed by atoms with E-state index in [1.165, 1.54) is 5.57 Å². The third-order valence-corrected chi connectivity index (χ3v) is 4.06. The van der Waals surface area contributed by atoms with Crippen molar-refractivity contribution in [2.24, 2.45) is 4.99 Å². The largest absolute Gasteiger partial charge is 0.377 e. The smallest absolute Gasteiger partial charge is 0.191 e. The van der Waals surface area contributed by atoms with Crippen molar-refractivity contribution < 1.29 is 9.26 Å². The molecule has 0 bridgehead atoms. The van der Waals surface area contributed by atoms with Gasteiger partial charge in [-0.15, -0.1) is 24.0 Å². The molecule has 0 aromatic carbocycles. The minimum atomic E-state index is 0. The maximum atomic E-state index is 5.39. The number of aryl methyl sites for hydroxylation is 2. The molecule has 0 saturated heterocycles. The van der Waals surface area contributed by atoms with Crippen LogP contribution in [0.3, 0.4) is 0 Å². The molecule has 0 aliphatic carbocycles. The molecular formula is C17H29IN4O2. The third-order valence-electron chi connectivity index (χ3n) is 4.06.